The Bertz CT molecular complexity index is 640. The largest absolute Gasteiger partial charge is 0.338 e. The van der Waals surface area contributed by atoms with Crippen LogP contribution >= 0.6 is 34.8 Å². The van der Waals surface area contributed by atoms with Crippen molar-refractivity contribution >= 4 is 58.3 Å². The van der Waals surface area contributed by atoms with E-state index in [-0.39, 0.29) is 28.2 Å². The van der Waals surface area contributed by atoms with Crippen LogP contribution in [0.5, 0.6) is 0 Å². The van der Waals surface area contributed by atoms with Crippen LogP contribution in [0.1, 0.15) is 13.8 Å². The Labute approximate surface area is 142 Å². The summed E-state index contributed by atoms with van der Waals surface area (Å²) in [5.74, 6) is -0.995. The zero-order valence-corrected chi connectivity index (χ0v) is 14.2. The van der Waals surface area contributed by atoms with Crippen LogP contribution in [0.2, 0.25) is 10.0 Å². The Hall–Kier alpha value is -1.30. The van der Waals surface area contributed by atoms with Crippen LogP contribution in [0.3, 0.4) is 0 Å². The van der Waals surface area contributed by atoms with Gasteiger partial charge in [0.25, 0.3) is 5.91 Å². The van der Waals surface area contributed by atoms with E-state index in [1.54, 1.807) is 13.8 Å². The summed E-state index contributed by atoms with van der Waals surface area (Å²) in [5.41, 5.74) is -0.717. The molecule has 0 bridgehead atoms. The highest BCUT2D eigenvalue weighted by atomic mass is 35.5. The first-order chi connectivity index (χ1) is 10.2. The van der Waals surface area contributed by atoms with E-state index < -0.39 is 23.3 Å². The average Bonchev–Trinajstić information content (AvgIpc) is 2.71. The highest BCUT2D eigenvalue weighted by Gasteiger charge is 2.45. The maximum atomic E-state index is 12.4. The summed E-state index contributed by atoms with van der Waals surface area (Å²) in [4.78, 5) is 38.7. The summed E-state index contributed by atoms with van der Waals surface area (Å²) in [6.07, 6.45) is 0. The molecule has 22 heavy (non-hydrogen) atoms. The molecule has 1 saturated heterocycles. The molecule has 0 aliphatic carbocycles. The number of benzene rings is 1. The predicted molar refractivity (Wildman–Crippen MR) is 85.6 cm³/mol. The standard InChI is InChI=1S/C14H13Cl3N2O3/c1-14(2,7-15)12(21)18-6-11(20)19(13(18)22)10-4-8(16)3-9(17)5-10/h3-5H,6-7H2,1-2H3. The number of carbonyl (C=O) groups excluding carboxylic acids is 3. The lowest BCUT2D eigenvalue weighted by molar-refractivity contribution is -0.136. The predicted octanol–water partition coefficient (Wildman–Crippen LogP) is 3.55. The molecule has 0 spiro atoms. The summed E-state index contributed by atoms with van der Waals surface area (Å²) in [7, 11) is 0. The van der Waals surface area contributed by atoms with Crippen LogP contribution in [0.15, 0.2) is 18.2 Å². The summed E-state index contributed by atoms with van der Waals surface area (Å²) >= 11 is 17.5. The minimum absolute atomic E-state index is 0.0345. The number of hydrogen-bond acceptors (Lipinski definition) is 3. The lowest BCUT2D eigenvalue weighted by Gasteiger charge is -2.25. The van der Waals surface area contributed by atoms with Crippen molar-refractivity contribution in [2.75, 3.05) is 17.3 Å². The monoisotopic (exact) mass is 362 g/mol. The molecule has 1 aliphatic rings. The van der Waals surface area contributed by atoms with Crippen LogP contribution in [-0.2, 0) is 9.59 Å². The molecule has 0 radical (unpaired) electrons. The Morgan fingerprint density at radius 3 is 2.23 bits per heavy atom. The molecule has 0 unspecified atom stereocenters. The third-order valence-electron chi connectivity index (χ3n) is 3.23. The number of imide groups is 2. The Balaban J connectivity index is 2.35. The lowest BCUT2D eigenvalue weighted by Crippen LogP contribution is -2.44. The quantitative estimate of drug-likeness (QED) is 0.609. The van der Waals surface area contributed by atoms with Gasteiger partial charge in [-0.1, -0.05) is 23.2 Å². The second-order valence-electron chi connectivity index (χ2n) is 5.55. The van der Waals surface area contributed by atoms with Crippen molar-refractivity contribution in [2.45, 2.75) is 13.8 Å². The summed E-state index contributed by atoms with van der Waals surface area (Å²) < 4.78 is 0. The van der Waals surface area contributed by atoms with E-state index in [0.29, 0.717) is 0 Å². The normalized spacial score (nSPS) is 15.7. The molecule has 8 heteroatoms. The van der Waals surface area contributed by atoms with Gasteiger partial charge in [0, 0.05) is 15.9 Å². The smallest absolute Gasteiger partial charge is 0.274 e. The van der Waals surface area contributed by atoms with Gasteiger partial charge in [0.15, 0.2) is 0 Å². The third-order valence-corrected chi connectivity index (χ3v) is 4.33. The lowest BCUT2D eigenvalue weighted by atomic mass is 9.94. The van der Waals surface area contributed by atoms with Gasteiger partial charge in [0.2, 0.25) is 5.91 Å². The molecule has 0 N–H and O–H groups in total. The van der Waals surface area contributed by atoms with Crippen LogP contribution < -0.4 is 4.90 Å². The van der Waals surface area contributed by atoms with Gasteiger partial charge >= 0.3 is 6.03 Å². The molecular formula is C14H13Cl3N2O3. The number of carbonyl (C=O) groups is 3. The number of rotatable bonds is 3. The second kappa shape index (κ2) is 6.07. The molecule has 0 aromatic heterocycles. The van der Waals surface area contributed by atoms with E-state index in [4.69, 9.17) is 34.8 Å². The van der Waals surface area contributed by atoms with Crippen molar-refractivity contribution in [2.24, 2.45) is 5.41 Å². The molecular weight excluding hydrogens is 351 g/mol. The molecule has 118 valence electrons. The molecule has 2 rings (SSSR count). The van der Waals surface area contributed by atoms with Gasteiger partial charge < -0.3 is 0 Å². The molecule has 1 heterocycles. The van der Waals surface area contributed by atoms with E-state index in [0.717, 1.165) is 9.80 Å². The fraction of sp³-hybridized carbons (Fsp3) is 0.357. The first-order valence-corrected chi connectivity index (χ1v) is 7.67. The van der Waals surface area contributed by atoms with Gasteiger partial charge in [-0.05, 0) is 32.0 Å². The molecule has 1 aliphatic heterocycles. The van der Waals surface area contributed by atoms with Crippen molar-refractivity contribution in [3.63, 3.8) is 0 Å². The van der Waals surface area contributed by atoms with E-state index in [1.807, 2.05) is 0 Å². The van der Waals surface area contributed by atoms with Crippen molar-refractivity contribution in [3.8, 4) is 0 Å². The number of alkyl halides is 1. The van der Waals surface area contributed by atoms with Gasteiger partial charge in [-0.3, -0.25) is 14.5 Å². The number of urea groups is 1. The molecule has 1 aromatic rings. The minimum atomic E-state index is -0.945. The van der Waals surface area contributed by atoms with Crippen molar-refractivity contribution < 1.29 is 14.4 Å². The van der Waals surface area contributed by atoms with Gasteiger partial charge in [-0.2, -0.15) is 0 Å². The molecule has 0 atom stereocenters. The number of halogens is 3. The number of nitrogens with zero attached hydrogens (tertiary/aromatic N) is 2. The molecule has 5 nitrogen and oxygen atoms in total. The molecule has 4 amide bonds. The van der Waals surface area contributed by atoms with Gasteiger partial charge in [0.1, 0.15) is 6.54 Å². The van der Waals surface area contributed by atoms with Gasteiger partial charge in [-0.15, -0.1) is 11.6 Å². The fourth-order valence-electron chi connectivity index (χ4n) is 2.00. The maximum Gasteiger partial charge on any atom is 0.338 e. The summed E-state index contributed by atoms with van der Waals surface area (Å²) in [6.45, 7) is 2.89. The van der Waals surface area contributed by atoms with Crippen LogP contribution in [-0.4, -0.2) is 35.2 Å². The van der Waals surface area contributed by atoms with Crippen molar-refractivity contribution in [1.82, 2.24) is 4.90 Å². The first kappa shape index (κ1) is 17.1. The topological polar surface area (TPSA) is 57.7 Å². The zero-order chi connectivity index (χ0) is 16.7. The van der Waals surface area contributed by atoms with Crippen molar-refractivity contribution in [3.05, 3.63) is 28.2 Å². The Morgan fingerprint density at radius 2 is 1.73 bits per heavy atom. The number of anilines is 1. The van der Waals surface area contributed by atoms with E-state index >= 15 is 0 Å². The van der Waals surface area contributed by atoms with E-state index in [2.05, 4.69) is 0 Å². The highest BCUT2D eigenvalue weighted by molar-refractivity contribution is 6.36. The third kappa shape index (κ3) is 3.07. The maximum absolute atomic E-state index is 12.4. The average molecular weight is 364 g/mol. The molecule has 0 saturated carbocycles. The van der Waals surface area contributed by atoms with Gasteiger partial charge in [-0.25, -0.2) is 9.69 Å². The SMILES string of the molecule is CC(C)(CCl)C(=O)N1CC(=O)N(c2cc(Cl)cc(Cl)c2)C1=O. The zero-order valence-electron chi connectivity index (χ0n) is 11.9. The Morgan fingerprint density at radius 1 is 1.18 bits per heavy atom. The number of hydrogen-bond donors (Lipinski definition) is 0. The molecule has 1 aromatic carbocycles. The summed E-state index contributed by atoms with van der Waals surface area (Å²) in [5, 5.41) is 0.572. The van der Waals surface area contributed by atoms with Crippen LogP contribution in [0, 0.1) is 5.41 Å². The van der Waals surface area contributed by atoms with Crippen LogP contribution in [0.25, 0.3) is 0 Å². The summed E-state index contributed by atoms with van der Waals surface area (Å²) in [6, 6.07) is 3.62. The highest BCUT2D eigenvalue weighted by Crippen LogP contribution is 2.30. The first-order valence-electron chi connectivity index (χ1n) is 6.38. The van der Waals surface area contributed by atoms with Crippen LogP contribution in [0.4, 0.5) is 10.5 Å². The Kier molecular flexibility index (Phi) is 4.70. The molecule has 1 fully saturated rings. The second-order valence-corrected chi connectivity index (χ2v) is 6.69. The minimum Gasteiger partial charge on any atom is -0.274 e. The van der Waals surface area contributed by atoms with Gasteiger partial charge in [0.05, 0.1) is 11.1 Å². The van der Waals surface area contributed by atoms with E-state index in [1.165, 1.54) is 18.2 Å². The number of amides is 4. The van der Waals surface area contributed by atoms with E-state index in [9.17, 15) is 14.4 Å². The van der Waals surface area contributed by atoms with Crippen molar-refractivity contribution in [1.29, 1.82) is 0 Å². The fourth-order valence-corrected chi connectivity index (χ4v) is 2.63.